The maximum absolute atomic E-state index is 11.8. The Morgan fingerprint density at radius 3 is 3.00 bits per heavy atom. The van der Waals surface area contributed by atoms with Gasteiger partial charge in [-0.1, -0.05) is 0 Å². The molecule has 0 spiro atoms. The number of hydrogen-bond acceptors (Lipinski definition) is 4. The number of piperazine rings is 1. The van der Waals surface area contributed by atoms with Crippen LogP contribution >= 0.6 is 15.9 Å². The summed E-state index contributed by atoms with van der Waals surface area (Å²) in [7, 11) is 0. The summed E-state index contributed by atoms with van der Waals surface area (Å²) in [5, 5.41) is 5.41. The van der Waals surface area contributed by atoms with Crippen LogP contribution in [0.3, 0.4) is 0 Å². The predicted octanol–water partition coefficient (Wildman–Crippen LogP) is -0.492. The van der Waals surface area contributed by atoms with E-state index in [1.165, 1.54) is 17.2 Å². The van der Waals surface area contributed by atoms with Crippen molar-refractivity contribution < 1.29 is 9.59 Å². The molecule has 0 saturated carbocycles. The van der Waals surface area contributed by atoms with E-state index in [1.807, 2.05) is 0 Å². The lowest BCUT2D eigenvalue weighted by Crippen LogP contribution is -2.50. The SMILES string of the molecule is O=C(CN1CCNCC1=O)Nc1cc(Br)c[nH]c1=O. The zero-order chi connectivity index (χ0) is 13.8. The van der Waals surface area contributed by atoms with Crippen LogP contribution in [-0.4, -0.2) is 47.9 Å². The monoisotopic (exact) mass is 328 g/mol. The molecule has 1 aliphatic rings. The summed E-state index contributed by atoms with van der Waals surface area (Å²) in [5.41, 5.74) is -0.231. The van der Waals surface area contributed by atoms with E-state index in [-0.39, 0.29) is 36.2 Å². The molecular weight excluding hydrogens is 316 g/mol. The number of aromatic amines is 1. The second-order valence-electron chi connectivity index (χ2n) is 4.10. The molecule has 2 amide bonds. The number of aromatic nitrogens is 1. The van der Waals surface area contributed by atoms with Crippen LogP contribution < -0.4 is 16.2 Å². The molecule has 1 aromatic heterocycles. The van der Waals surface area contributed by atoms with E-state index in [2.05, 4.69) is 31.5 Å². The molecule has 1 fully saturated rings. The normalized spacial score (nSPS) is 15.4. The number of anilines is 1. The van der Waals surface area contributed by atoms with Gasteiger partial charge in [0.25, 0.3) is 5.56 Å². The number of carbonyl (C=O) groups is 2. The van der Waals surface area contributed by atoms with Crippen molar-refractivity contribution in [3.8, 4) is 0 Å². The average molecular weight is 329 g/mol. The molecule has 1 saturated heterocycles. The Balaban J connectivity index is 1.99. The standard InChI is InChI=1S/C11H13BrN4O3/c12-7-3-8(11(19)14-4-7)15-9(17)6-16-2-1-13-5-10(16)18/h3-4,13H,1-2,5-6H2,(H,14,19)(H,15,17). The predicted molar refractivity (Wildman–Crippen MR) is 72.8 cm³/mol. The molecule has 0 radical (unpaired) electrons. The van der Waals surface area contributed by atoms with Crippen LogP contribution in [0.25, 0.3) is 0 Å². The minimum absolute atomic E-state index is 0.0491. The van der Waals surface area contributed by atoms with E-state index in [9.17, 15) is 14.4 Å². The van der Waals surface area contributed by atoms with Crippen LogP contribution in [0.2, 0.25) is 0 Å². The third-order valence-electron chi connectivity index (χ3n) is 2.66. The van der Waals surface area contributed by atoms with Gasteiger partial charge in [-0.2, -0.15) is 0 Å². The van der Waals surface area contributed by atoms with Gasteiger partial charge in [-0.15, -0.1) is 0 Å². The first-order valence-corrected chi connectivity index (χ1v) is 6.52. The number of carbonyl (C=O) groups excluding carboxylic acids is 2. The molecular formula is C11H13BrN4O3. The summed E-state index contributed by atoms with van der Waals surface area (Å²) in [6.07, 6.45) is 1.48. The lowest BCUT2D eigenvalue weighted by molar-refractivity contribution is -0.135. The van der Waals surface area contributed by atoms with Crippen molar-refractivity contribution in [1.29, 1.82) is 0 Å². The van der Waals surface area contributed by atoms with Crippen LogP contribution in [0, 0.1) is 0 Å². The minimum atomic E-state index is -0.390. The fraction of sp³-hybridized carbons (Fsp3) is 0.364. The zero-order valence-corrected chi connectivity index (χ0v) is 11.6. The Hall–Kier alpha value is -1.67. The maximum Gasteiger partial charge on any atom is 0.271 e. The Bertz CT molecular complexity index is 557. The van der Waals surface area contributed by atoms with Crippen molar-refractivity contribution in [2.24, 2.45) is 0 Å². The molecule has 3 N–H and O–H groups in total. The first-order chi connectivity index (χ1) is 9.06. The minimum Gasteiger partial charge on any atom is -0.331 e. The van der Waals surface area contributed by atoms with Crippen molar-refractivity contribution >= 4 is 33.4 Å². The third-order valence-corrected chi connectivity index (χ3v) is 3.12. The first kappa shape index (κ1) is 13.8. The van der Waals surface area contributed by atoms with E-state index in [0.29, 0.717) is 17.6 Å². The molecule has 1 aromatic rings. The molecule has 0 aromatic carbocycles. The van der Waals surface area contributed by atoms with E-state index in [1.54, 1.807) is 0 Å². The highest BCUT2D eigenvalue weighted by Crippen LogP contribution is 2.10. The lowest BCUT2D eigenvalue weighted by Gasteiger charge is -2.26. The highest BCUT2D eigenvalue weighted by atomic mass is 79.9. The number of amides is 2. The fourth-order valence-corrected chi connectivity index (χ4v) is 2.07. The molecule has 0 aliphatic carbocycles. The molecule has 0 atom stereocenters. The van der Waals surface area contributed by atoms with E-state index in [4.69, 9.17) is 0 Å². The maximum atomic E-state index is 11.8. The summed E-state index contributed by atoms with van der Waals surface area (Å²) < 4.78 is 0.653. The van der Waals surface area contributed by atoms with Gasteiger partial charge in [0.05, 0.1) is 13.1 Å². The van der Waals surface area contributed by atoms with Gasteiger partial charge in [0.1, 0.15) is 5.69 Å². The number of nitrogens with one attached hydrogen (secondary N) is 3. The van der Waals surface area contributed by atoms with Crippen molar-refractivity contribution in [3.63, 3.8) is 0 Å². The average Bonchev–Trinajstić information content (AvgIpc) is 2.37. The summed E-state index contributed by atoms with van der Waals surface area (Å²) in [5.74, 6) is -0.511. The van der Waals surface area contributed by atoms with Gasteiger partial charge in [-0.05, 0) is 22.0 Å². The Morgan fingerprint density at radius 2 is 2.26 bits per heavy atom. The van der Waals surface area contributed by atoms with Crippen LogP contribution in [0.5, 0.6) is 0 Å². The van der Waals surface area contributed by atoms with Gasteiger partial charge in [0.15, 0.2) is 0 Å². The van der Waals surface area contributed by atoms with Crippen LogP contribution in [0.1, 0.15) is 0 Å². The molecule has 2 rings (SSSR count). The number of halogens is 1. The second kappa shape index (κ2) is 5.98. The van der Waals surface area contributed by atoms with Gasteiger partial charge in [0, 0.05) is 23.8 Å². The van der Waals surface area contributed by atoms with Gasteiger partial charge < -0.3 is 20.5 Å². The lowest BCUT2D eigenvalue weighted by atomic mass is 10.3. The van der Waals surface area contributed by atoms with Crippen LogP contribution in [0.15, 0.2) is 21.5 Å². The molecule has 102 valence electrons. The molecule has 0 bridgehead atoms. The van der Waals surface area contributed by atoms with Crippen molar-refractivity contribution in [1.82, 2.24) is 15.2 Å². The Labute approximate surface area is 117 Å². The van der Waals surface area contributed by atoms with Crippen LogP contribution in [0.4, 0.5) is 5.69 Å². The fourth-order valence-electron chi connectivity index (χ4n) is 1.73. The van der Waals surface area contributed by atoms with Crippen molar-refractivity contribution in [2.45, 2.75) is 0 Å². The summed E-state index contributed by atoms with van der Waals surface area (Å²) in [6, 6.07) is 1.51. The molecule has 0 unspecified atom stereocenters. The van der Waals surface area contributed by atoms with Crippen LogP contribution in [-0.2, 0) is 9.59 Å². The van der Waals surface area contributed by atoms with E-state index < -0.39 is 0 Å². The van der Waals surface area contributed by atoms with Gasteiger partial charge >= 0.3 is 0 Å². The largest absolute Gasteiger partial charge is 0.331 e. The first-order valence-electron chi connectivity index (χ1n) is 5.73. The molecule has 8 heteroatoms. The van der Waals surface area contributed by atoms with Gasteiger partial charge in [0.2, 0.25) is 11.8 Å². The Morgan fingerprint density at radius 1 is 1.47 bits per heavy atom. The summed E-state index contributed by atoms with van der Waals surface area (Å²) >= 11 is 3.20. The van der Waals surface area contributed by atoms with Gasteiger partial charge in [-0.25, -0.2) is 0 Å². The number of nitrogens with zero attached hydrogens (tertiary/aromatic N) is 1. The topological polar surface area (TPSA) is 94.3 Å². The highest BCUT2D eigenvalue weighted by molar-refractivity contribution is 9.10. The molecule has 2 heterocycles. The quantitative estimate of drug-likeness (QED) is 0.697. The number of pyridine rings is 1. The number of rotatable bonds is 3. The van der Waals surface area contributed by atoms with Gasteiger partial charge in [-0.3, -0.25) is 14.4 Å². The van der Waals surface area contributed by atoms with Crippen molar-refractivity contribution in [2.75, 3.05) is 31.5 Å². The van der Waals surface area contributed by atoms with E-state index in [0.717, 1.165) is 0 Å². The Kier molecular flexibility index (Phi) is 4.33. The third kappa shape index (κ3) is 3.65. The number of H-pyrrole nitrogens is 1. The summed E-state index contributed by atoms with van der Waals surface area (Å²) in [6.45, 7) is 1.34. The smallest absolute Gasteiger partial charge is 0.271 e. The van der Waals surface area contributed by atoms with E-state index >= 15 is 0 Å². The zero-order valence-electron chi connectivity index (χ0n) is 10.0. The number of hydrogen-bond donors (Lipinski definition) is 3. The molecule has 19 heavy (non-hydrogen) atoms. The molecule has 7 nitrogen and oxygen atoms in total. The molecule has 1 aliphatic heterocycles. The second-order valence-corrected chi connectivity index (χ2v) is 5.02. The van der Waals surface area contributed by atoms with Crippen molar-refractivity contribution in [3.05, 3.63) is 27.1 Å². The summed E-state index contributed by atoms with van der Waals surface area (Å²) in [4.78, 5) is 38.7. The highest BCUT2D eigenvalue weighted by Gasteiger charge is 2.20.